The fourth-order valence-corrected chi connectivity index (χ4v) is 1.68. The molecule has 0 fully saturated rings. The van der Waals surface area contributed by atoms with Crippen LogP contribution in [0.2, 0.25) is 0 Å². The Morgan fingerprint density at radius 2 is 1.89 bits per heavy atom. The number of benzene rings is 2. The van der Waals surface area contributed by atoms with Crippen molar-refractivity contribution in [3.8, 4) is 11.5 Å². The molecule has 2 aromatic rings. The zero-order valence-electron chi connectivity index (χ0n) is 10.5. The second-order valence-electron chi connectivity index (χ2n) is 3.99. The monoisotopic (exact) mass is 254 g/mol. The molecule has 1 N–H and O–H groups in total. The molecule has 0 saturated carbocycles. The molecular weight excluding hydrogens is 240 g/mol. The second kappa shape index (κ2) is 5.87. The standard InChI is InChI=1S/C16H14O3/c1-19-16-10-8-12(11-15(16)18)7-9-14(17)13-5-3-2-4-6-13/h2-11,18H,1H3/b9-7+. The zero-order chi connectivity index (χ0) is 13.7. The van der Waals surface area contributed by atoms with E-state index >= 15 is 0 Å². The van der Waals surface area contributed by atoms with E-state index in [1.54, 1.807) is 36.4 Å². The number of hydrogen-bond donors (Lipinski definition) is 1. The highest BCUT2D eigenvalue weighted by molar-refractivity contribution is 6.06. The van der Waals surface area contributed by atoms with Crippen molar-refractivity contribution in [1.82, 2.24) is 0 Å². The van der Waals surface area contributed by atoms with Crippen LogP contribution in [-0.2, 0) is 0 Å². The van der Waals surface area contributed by atoms with Crippen LogP contribution in [0.25, 0.3) is 6.08 Å². The van der Waals surface area contributed by atoms with Gasteiger partial charge >= 0.3 is 0 Å². The topological polar surface area (TPSA) is 46.5 Å². The highest BCUT2D eigenvalue weighted by Gasteiger charge is 2.02. The summed E-state index contributed by atoms with van der Waals surface area (Å²) in [5.41, 5.74) is 1.37. The first-order chi connectivity index (χ1) is 9.20. The molecule has 0 radical (unpaired) electrons. The van der Waals surface area contributed by atoms with Crippen LogP contribution in [0.15, 0.2) is 54.6 Å². The van der Waals surface area contributed by atoms with Crippen LogP contribution in [0.3, 0.4) is 0 Å². The fraction of sp³-hybridized carbons (Fsp3) is 0.0625. The van der Waals surface area contributed by atoms with Gasteiger partial charge < -0.3 is 9.84 Å². The minimum absolute atomic E-state index is 0.0526. The number of carbonyl (C=O) groups is 1. The highest BCUT2D eigenvalue weighted by Crippen LogP contribution is 2.26. The summed E-state index contributed by atoms with van der Waals surface area (Å²) in [5, 5.41) is 9.63. The quantitative estimate of drug-likeness (QED) is 0.672. The summed E-state index contributed by atoms with van der Waals surface area (Å²) in [4.78, 5) is 11.9. The number of carbonyl (C=O) groups excluding carboxylic acids is 1. The number of methoxy groups -OCH3 is 1. The maximum Gasteiger partial charge on any atom is 0.185 e. The molecular formula is C16H14O3. The third-order valence-corrected chi connectivity index (χ3v) is 2.69. The number of phenolic OH excluding ortho intramolecular Hbond substituents is 1. The first-order valence-electron chi connectivity index (χ1n) is 5.85. The van der Waals surface area contributed by atoms with Gasteiger partial charge in [0.05, 0.1) is 7.11 Å². The van der Waals surface area contributed by atoms with Gasteiger partial charge in [0.2, 0.25) is 0 Å². The molecule has 0 heterocycles. The molecule has 0 amide bonds. The van der Waals surface area contributed by atoms with Crippen LogP contribution >= 0.6 is 0 Å². The van der Waals surface area contributed by atoms with Crippen molar-refractivity contribution < 1.29 is 14.6 Å². The van der Waals surface area contributed by atoms with E-state index in [-0.39, 0.29) is 11.5 Å². The van der Waals surface area contributed by atoms with Gasteiger partial charge in [0, 0.05) is 5.56 Å². The van der Waals surface area contributed by atoms with Crippen LogP contribution in [0.1, 0.15) is 15.9 Å². The molecule has 2 rings (SSSR count). The van der Waals surface area contributed by atoms with Gasteiger partial charge in [0.15, 0.2) is 17.3 Å². The molecule has 0 aliphatic rings. The number of ketones is 1. The summed E-state index contributed by atoms with van der Waals surface area (Å²) in [6, 6.07) is 14.0. The smallest absolute Gasteiger partial charge is 0.185 e. The molecule has 0 atom stereocenters. The molecule has 19 heavy (non-hydrogen) atoms. The van der Waals surface area contributed by atoms with Crippen LogP contribution < -0.4 is 4.74 Å². The van der Waals surface area contributed by atoms with Gasteiger partial charge in [-0.25, -0.2) is 0 Å². The Hall–Kier alpha value is -2.55. The molecule has 0 aliphatic carbocycles. The predicted molar refractivity (Wildman–Crippen MR) is 74.5 cm³/mol. The van der Waals surface area contributed by atoms with Gasteiger partial charge in [0.1, 0.15) is 0 Å². The van der Waals surface area contributed by atoms with Crippen LogP contribution in [-0.4, -0.2) is 18.0 Å². The molecule has 3 nitrogen and oxygen atoms in total. The van der Waals surface area contributed by atoms with E-state index in [1.807, 2.05) is 18.2 Å². The van der Waals surface area contributed by atoms with E-state index in [0.717, 1.165) is 5.56 Å². The van der Waals surface area contributed by atoms with E-state index in [4.69, 9.17) is 4.74 Å². The van der Waals surface area contributed by atoms with Crippen molar-refractivity contribution in [3.05, 3.63) is 65.7 Å². The number of allylic oxidation sites excluding steroid dienone is 1. The Labute approximate surface area is 111 Å². The van der Waals surface area contributed by atoms with Crippen molar-refractivity contribution >= 4 is 11.9 Å². The summed E-state index contributed by atoms with van der Waals surface area (Å²) in [6.07, 6.45) is 3.14. The second-order valence-corrected chi connectivity index (χ2v) is 3.99. The normalized spacial score (nSPS) is 10.6. The van der Waals surface area contributed by atoms with Crippen molar-refractivity contribution in [2.45, 2.75) is 0 Å². The average molecular weight is 254 g/mol. The van der Waals surface area contributed by atoms with Gasteiger partial charge in [-0.2, -0.15) is 0 Å². The molecule has 0 aromatic heterocycles. The van der Waals surface area contributed by atoms with Crippen molar-refractivity contribution in [3.63, 3.8) is 0 Å². The van der Waals surface area contributed by atoms with Crippen LogP contribution in [0, 0.1) is 0 Å². The van der Waals surface area contributed by atoms with Gasteiger partial charge in [-0.3, -0.25) is 4.79 Å². The number of rotatable bonds is 4. The predicted octanol–water partition coefficient (Wildman–Crippen LogP) is 3.30. The number of hydrogen-bond acceptors (Lipinski definition) is 3. The molecule has 2 aromatic carbocycles. The van der Waals surface area contributed by atoms with E-state index in [1.165, 1.54) is 13.2 Å². The van der Waals surface area contributed by atoms with Gasteiger partial charge in [0.25, 0.3) is 0 Å². The number of aromatic hydroxyl groups is 1. The molecule has 0 spiro atoms. The summed E-state index contributed by atoms with van der Waals surface area (Å²) in [5.74, 6) is 0.388. The molecule has 96 valence electrons. The first kappa shape index (κ1) is 12.9. The Morgan fingerprint density at radius 3 is 2.53 bits per heavy atom. The first-order valence-corrected chi connectivity index (χ1v) is 5.85. The molecule has 0 unspecified atom stereocenters. The Balaban J connectivity index is 2.15. The third kappa shape index (κ3) is 3.22. The minimum Gasteiger partial charge on any atom is -0.504 e. The summed E-state index contributed by atoms with van der Waals surface area (Å²) >= 11 is 0. The molecule has 0 saturated heterocycles. The Morgan fingerprint density at radius 1 is 1.16 bits per heavy atom. The van der Waals surface area contributed by atoms with E-state index in [2.05, 4.69) is 0 Å². The maximum absolute atomic E-state index is 11.9. The van der Waals surface area contributed by atoms with Gasteiger partial charge in [-0.15, -0.1) is 0 Å². The molecule has 0 bridgehead atoms. The van der Waals surface area contributed by atoms with E-state index in [0.29, 0.717) is 11.3 Å². The lowest BCUT2D eigenvalue weighted by molar-refractivity contribution is 0.104. The minimum atomic E-state index is -0.0732. The zero-order valence-corrected chi connectivity index (χ0v) is 10.5. The fourth-order valence-electron chi connectivity index (χ4n) is 1.68. The Kier molecular flexibility index (Phi) is 3.98. The summed E-state index contributed by atoms with van der Waals surface area (Å²) in [6.45, 7) is 0. The van der Waals surface area contributed by atoms with Gasteiger partial charge in [-0.1, -0.05) is 42.5 Å². The molecule has 0 aliphatic heterocycles. The number of ether oxygens (including phenoxy) is 1. The largest absolute Gasteiger partial charge is 0.504 e. The summed E-state index contributed by atoms with van der Waals surface area (Å²) < 4.78 is 4.95. The van der Waals surface area contributed by atoms with Crippen molar-refractivity contribution in [2.24, 2.45) is 0 Å². The third-order valence-electron chi connectivity index (χ3n) is 2.69. The average Bonchev–Trinajstić information content (AvgIpc) is 2.46. The lowest BCUT2D eigenvalue weighted by atomic mass is 10.1. The SMILES string of the molecule is COc1ccc(/C=C/C(=O)c2ccccc2)cc1O. The lowest BCUT2D eigenvalue weighted by Crippen LogP contribution is -1.92. The van der Waals surface area contributed by atoms with Crippen molar-refractivity contribution in [1.29, 1.82) is 0 Å². The van der Waals surface area contributed by atoms with Gasteiger partial charge in [-0.05, 0) is 23.8 Å². The van der Waals surface area contributed by atoms with Crippen molar-refractivity contribution in [2.75, 3.05) is 7.11 Å². The Bertz CT molecular complexity index is 601. The molecule has 3 heteroatoms. The summed E-state index contributed by atoms with van der Waals surface area (Å²) in [7, 11) is 1.49. The van der Waals surface area contributed by atoms with Crippen LogP contribution in [0.5, 0.6) is 11.5 Å². The maximum atomic E-state index is 11.9. The van der Waals surface area contributed by atoms with E-state index in [9.17, 15) is 9.90 Å². The lowest BCUT2D eigenvalue weighted by Gasteiger charge is -2.03. The number of phenols is 1. The van der Waals surface area contributed by atoms with Crippen LogP contribution in [0.4, 0.5) is 0 Å². The highest BCUT2D eigenvalue weighted by atomic mass is 16.5. The van der Waals surface area contributed by atoms with E-state index < -0.39 is 0 Å².